The fourth-order valence-corrected chi connectivity index (χ4v) is 4.17. The van der Waals surface area contributed by atoms with Crippen molar-refractivity contribution in [1.82, 2.24) is 4.98 Å². The first-order valence-electron chi connectivity index (χ1n) is 13.4. The Morgan fingerprint density at radius 1 is 0.842 bits per heavy atom. The molecule has 0 spiro atoms. The normalized spacial score (nSPS) is 11.2. The van der Waals surface area contributed by atoms with Crippen LogP contribution in [0.1, 0.15) is 80.3 Å². The molecular weight excluding hydrogens is 472 g/mol. The van der Waals surface area contributed by atoms with Gasteiger partial charge in [-0.3, -0.25) is 15.1 Å². The Hall–Kier alpha value is -4.24. The lowest BCUT2D eigenvalue weighted by Gasteiger charge is -2.25. The zero-order chi connectivity index (χ0) is 27.2. The summed E-state index contributed by atoms with van der Waals surface area (Å²) in [4.78, 5) is 17.5. The van der Waals surface area contributed by atoms with Crippen molar-refractivity contribution >= 4 is 35.7 Å². The number of aromatic nitrogens is 1. The van der Waals surface area contributed by atoms with Crippen molar-refractivity contribution in [2.45, 2.75) is 52.4 Å². The number of nitrogens with zero attached hydrogens (tertiary/aromatic N) is 4. The van der Waals surface area contributed by atoms with Crippen LogP contribution in [0.25, 0.3) is 24.3 Å². The molecule has 0 fully saturated rings. The molecule has 6 heteroatoms. The molecule has 0 amide bonds. The predicted octanol–water partition coefficient (Wildman–Crippen LogP) is 8.39. The number of benzene rings is 2. The summed E-state index contributed by atoms with van der Waals surface area (Å²) >= 11 is 0. The molecule has 0 radical (unpaired) electrons. The highest BCUT2D eigenvalue weighted by Crippen LogP contribution is 2.21. The number of nitriles is 1. The van der Waals surface area contributed by atoms with E-state index in [2.05, 4.69) is 54.1 Å². The fraction of sp³-hybridized carbons (Fsp3) is 0.312. The number of hydrogen-bond donors (Lipinski definition) is 0. The third kappa shape index (κ3) is 8.70. The minimum Gasteiger partial charge on any atom is -0.372 e. The molecule has 6 nitrogen and oxygen atoms in total. The molecule has 0 saturated heterocycles. The molecule has 2 aromatic carbocycles. The molecule has 196 valence electrons. The lowest BCUT2D eigenvalue weighted by Crippen LogP contribution is -2.25. The highest BCUT2D eigenvalue weighted by atomic mass is 16.6. The topological polar surface area (TPSA) is 83.1 Å². The third-order valence-corrected chi connectivity index (χ3v) is 6.38. The number of nitro benzene ring substituents is 1. The van der Waals surface area contributed by atoms with E-state index in [9.17, 15) is 10.1 Å². The van der Waals surface area contributed by atoms with Gasteiger partial charge in [-0.1, -0.05) is 76.0 Å². The van der Waals surface area contributed by atoms with Crippen molar-refractivity contribution in [2.75, 3.05) is 18.0 Å². The van der Waals surface area contributed by atoms with Crippen molar-refractivity contribution in [3.63, 3.8) is 0 Å². The minimum absolute atomic E-state index is 0.0410. The van der Waals surface area contributed by atoms with Gasteiger partial charge in [-0.25, -0.2) is 0 Å². The van der Waals surface area contributed by atoms with Gasteiger partial charge in [-0.2, -0.15) is 5.26 Å². The van der Waals surface area contributed by atoms with E-state index in [0.717, 1.165) is 29.9 Å². The monoisotopic (exact) mass is 508 g/mol. The van der Waals surface area contributed by atoms with E-state index in [0.29, 0.717) is 5.56 Å². The predicted molar refractivity (Wildman–Crippen MR) is 158 cm³/mol. The standard InChI is InChI=1S/C32H36N4O2/c1-3-5-7-21-35(22-8-6-4-2)31-18-13-26(14-19-31)9-10-28-12-17-30(34-25-28)16-11-27-15-20-32(36(37)38)29(23-27)24-33/h9-20,23,25H,3-8,21-22H2,1-2H3. The fourth-order valence-electron chi connectivity index (χ4n) is 4.17. The Labute approximate surface area is 226 Å². The average Bonchev–Trinajstić information content (AvgIpc) is 2.95. The molecule has 0 aliphatic heterocycles. The summed E-state index contributed by atoms with van der Waals surface area (Å²) < 4.78 is 0. The molecule has 3 aromatic rings. The lowest BCUT2D eigenvalue weighted by atomic mass is 10.1. The number of rotatable bonds is 14. The second-order valence-corrected chi connectivity index (χ2v) is 9.32. The van der Waals surface area contributed by atoms with Crippen LogP contribution in [0.3, 0.4) is 0 Å². The summed E-state index contributed by atoms with van der Waals surface area (Å²) in [5, 5.41) is 20.2. The van der Waals surface area contributed by atoms with Gasteiger partial charge in [0.05, 0.1) is 10.6 Å². The van der Waals surface area contributed by atoms with Crippen LogP contribution in [-0.2, 0) is 0 Å². The average molecular weight is 509 g/mol. The summed E-state index contributed by atoms with van der Waals surface area (Å²) in [5.74, 6) is 0. The third-order valence-electron chi connectivity index (χ3n) is 6.38. The first-order chi connectivity index (χ1) is 18.5. The van der Waals surface area contributed by atoms with Gasteiger partial charge in [0, 0.05) is 31.0 Å². The van der Waals surface area contributed by atoms with Crippen molar-refractivity contribution in [1.29, 1.82) is 5.26 Å². The van der Waals surface area contributed by atoms with Gasteiger partial charge in [0.25, 0.3) is 5.69 Å². The second kappa shape index (κ2) is 15.1. The van der Waals surface area contributed by atoms with Crippen molar-refractivity contribution < 1.29 is 4.92 Å². The Bertz CT molecular complexity index is 1260. The van der Waals surface area contributed by atoms with E-state index < -0.39 is 4.92 Å². The molecular formula is C32H36N4O2. The summed E-state index contributed by atoms with van der Waals surface area (Å²) in [6.45, 7) is 6.72. The molecule has 0 bridgehead atoms. The molecule has 38 heavy (non-hydrogen) atoms. The second-order valence-electron chi connectivity index (χ2n) is 9.32. The molecule has 3 rings (SSSR count). The largest absolute Gasteiger partial charge is 0.372 e. The first-order valence-corrected chi connectivity index (χ1v) is 13.4. The minimum atomic E-state index is -0.549. The zero-order valence-electron chi connectivity index (χ0n) is 22.3. The molecule has 0 N–H and O–H groups in total. The van der Waals surface area contributed by atoms with Crippen LogP contribution in [0, 0.1) is 21.4 Å². The van der Waals surface area contributed by atoms with Gasteiger partial charge in [-0.15, -0.1) is 0 Å². The molecule has 1 heterocycles. The van der Waals surface area contributed by atoms with E-state index in [1.807, 2.05) is 36.6 Å². The van der Waals surface area contributed by atoms with Crippen LogP contribution in [0.2, 0.25) is 0 Å². The zero-order valence-corrected chi connectivity index (χ0v) is 22.3. The Balaban J connectivity index is 1.61. The van der Waals surface area contributed by atoms with Gasteiger partial charge in [0.1, 0.15) is 11.6 Å². The molecule has 0 atom stereocenters. The summed E-state index contributed by atoms with van der Waals surface area (Å²) in [6.07, 6.45) is 17.0. The van der Waals surface area contributed by atoms with E-state index in [-0.39, 0.29) is 11.3 Å². The Kier molecular flexibility index (Phi) is 11.3. The Morgan fingerprint density at radius 2 is 1.45 bits per heavy atom. The van der Waals surface area contributed by atoms with Crippen LogP contribution >= 0.6 is 0 Å². The first kappa shape index (κ1) is 28.3. The van der Waals surface area contributed by atoms with Crippen molar-refractivity contribution in [3.05, 3.63) is 98.9 Å². The quantitative estimate of drug-likeness (QED) is 0.124. The van der Waals surface area contributed by atoms with E-state index >= 15 is 0 Å². The van der Waals surface area contributed by atoms with Crippen molar-refractivity contribution in [3.8, 4) is 6.07 Å². The molecule has 1 aromatic heterocycles. The van der Waals surface area contributed by atoms with Crippen LogP contribution in [0.4, 0.5) is 11.4 Å². The van der Waals surface area contributed by atoms with Gasteiger partial charge >= 0.3 is 0 Å². The summed E-state index contributed by atoms with van der Waals surface area (Å²) in [7, 11) is 0. The van der Waals surface area contributed by atoms with Gasteiger partial charge in [-0.05, 0) is 65.9 Å². The van der Waals surface area contributed by atoms with Gasteiger partial charge in [0.2, 0.25) is 0 Å². The maximum atomic E-state index is 11.0. The van der Waals surface area contributed by atoms with Crippen LogP contribution < -0.4 is 4.90 Å². The Morgan fingerprint density at radius 3 is 2.03 bits per heavy atom. The molecule has 0 saturated carbocycles. The van der Waals surface area contributed by atoms with Gasteiger partial charge in [0.15, 0.2) is 0 Å². The molecule has 0 unspecified atom stereocenters. The van der Waals surface area contributed by atoms with E-state index in [1.165, 1.54) is 56.3 Å². The van der Waals surface area contributed by atoms with Crippen molar-refractivity contribution in [2.24, 2.45) is 0 Å². The number of nitro groups is 1. The number of unbranched alkanes of at least 4 members (excludes halogenated alkanes) is 4. The van der Waals surface area contributed by atoms with Crippen LogP contribution in [0.15, 0.2) is 60.8 Å². The maximum absolute atomic E-state index is 11.0. The van der Waals surface area contributed by atoms with E-state index in [4.69, 9.17) is 5.26 Å². The van der Waals surface area contributed by atoms with E-state index in [1.54, 1.807) is 12.1 Å². The summed E-state index contributed by atoms with van der Waals surface area (Å²) in [6, 6.07) is 19.0. The number of anilines is 1. The lowest BCUT2D eigenvalue weighted by molar-refractivity contribution is -0.385. The van der Waals surface area contributed by atoms with Crippen LogP contribution in [0.5, 0.6) is 0 Å². The van der Waals surface area contributed by atoms with Gasteiger partial charge < -0.3 is 4.90 Å². The SMILES string of the molecule is CCCCCN(CCCCC)c1ccc(C=Cc2ccc(C=Cc3ccc([N+](=O)[O-])c(C#N)c3)nc2)cc1. The maximum Gasteiger partial charge on any atom is 0.287 e. The molecule has 0 aliphatic carbocycles. The number of hydrogen-bond acceptors (Lipinski definition) is 5. The summed E-state index contributed by atoms with van der Waals surface area (Å²) in [5.41, 5.74) is 4.75. The van der Waals surface area contributed by atoms with Crippen LogP contribution in [-0.4, -0.2) is 23.0 Å². The smallest absolute Gasteiger partial charge is 0.287 e. The number of pyridine rings is 1. The highest BCUT2D eigenvalue weighted by Gasteiger charge is 2.12. The molecule has 0 aliphatic rings. The highest BCUT2D eigenvalue weighted by molar-refractivity contribution is 5.72.